The SMILES string of the molecule is CCNc1nc(NCCS(=O)(=O)CC)nc(OC)n1. The third-order valence-corrected chi connectivity index (χ3v) is 3.97. The number of aromatic nitrogens is 3. The molecule has 9 heteroatoms. The molecule has 0 aliphatic heterocycles. The second-order valence-corrected chi connectivity index (χ2v) is 6.14. The molecular formula is C10H19N5O3S. The monoisotopic (exact) mass is 289 g/mol. The van der Waals surface area contributed by atoms with Gasteiger partial charge in [-0.3, -0.25) is 0 Å². The highest BCUT2D eigenvalue weighted by atomic mass is 32.2. The van der Waals surface area contributed by atoms with Crippen LogP contribution in [-0.2, 0) is 9.84 Å². The number of hydrogen-bond acceptors (Lipinski definition) is 8. The highest BCUT2D eigenvalue weighted by Crippen LogP contribution is 2.10. The number of anilines is 2. The van der Waals surface area contributed by atoms with Crippen molar-refractivity contribution < 1.29 is 13.2 Å². The Bertz CT molecular complexity index is 506. The molecular weight excluding hydrogens is 270 g/mol. The maximum Gasteiger partial charge on any atom is 0.322 e. The third kappa shape index (κ3) is 5.25. The molecule has 0 saturated heterocycles. The molecule has 0 aliphatic rings. The summed E-state index contributed by atoms with van der Waals surface area (Å²) in [6, 6.07) is 0.173. The van der Waals surface area contributed by atoms with Gasteiger partial charge < -0.3 is 15.4 Å². The Hall–Kier alpha value is -1.64. The van der Waals surface area contributed by atoms with E-state index in [9.17, 15) is 8.42 Å². The van der Waals surface area contributed by atoms with E-state index in [4.69, 9.17) is 4.74 Å². The van der Waals surface area contributed by atoms with Crippen molar-refractivity contribution in [3.05, 3.63) is 0 Å². The minimum absolute atomic E-state index is 0.0358. The number of nitrogens with zero attached hydrogens (tertiary/aromatic N) is 3. The summed E-state index contributed by atoms with van der Waals surface area (Å²) in [6.07, 6.45) is 0. The van der Waals surface area contributed by atoms with Crippen molar-refractivity contribution >= 4 is 21.7 Å². The van der Waals surface area contributed by atoms with Crippen LogP contribution in [0.1, 0.15) is 13.8 Å². The zero-order chi connectivity index (χ0) is 14.3. The highest BCUT2D eigenvalue weighted by Gasteiger charge is 2.09. The van der Waals surface area contributed by atoms with Gasteiger partial charge in [-0.05, 0) is 6.92 Å². The number of sulfone groups is 1. The fraction of sp³-hybridized carbons (Fsp3) is 0.700. The first kappa shape index (κ1) is 15.4. The molecule has 0 amide bonds. The van der Waals surface area contributed by atoms with Gasteiger partial charge in [-0.25, -0.2) is 8.42 Å². The van der Waals surface area contributed by atoms with E-state index in [1.165, 1.54) is 7.11 Å². The Morgan fingerprint density at radius 1 is 1.11 bits per heavy atom. The fourth-order valence-corrected chi connectivity index (χ4v) is 1.93. The van der Waals surface area contributed by atoms with Crippen LogP contribution in [0.5, 0.6) is 6.01 Å². The largest absolute Gasteiger partial charge is 0.467 e. The van der Waals surface area contributed by atoms with E-state index in [1.54, 1.807) is 6.92 Å². The van der Waals surface area contributed by atoms with Crippen LogP contribution >= 0.6 is 0 Å². The molecule has 0 bridgehead atoms. The molecule has 2 N–H and O–H groups in total. The molecule has 19 heavy (non-hydrogen) atoms. The molecule has 108 valence electrons. The van der Waals surface area contributed by atoms with Crippen LogP contribution in [0.25, 0.3) is 0 Å². The first-order chi connectivity index (χ1) is 9.00. The Balaban J connectivity index is 2.69. The average molecular weight is 289 g/mol. The molecule has 1 aromatic rings. The van der Waals surface area contributed by atoms with Crippen molar-refractivity contribution in [3.63, 3.8) is 0 Å². The summed E-state index contributed by atoms with van der Waals surface area (Å²) in [7, 11) is -1.55. The number of rotatable bonds is 8. The van der Waals surface area contributed by atoms with Gasteiger partial charge in [0.2, 0.25) is 11.9 Å². The maximum absolute atomic E-state index is 11.4. The molecule has 0 saturated carbocycles. The van der Waals surface area contributed by atoms with Gasteiger partial charge in [0, 0.05) is 18.8 Å². The lowest BCUT2D eigenvalue weighted by atomic mass is 10.7. The molecule has 0 radical (unpaired) electrons. The standard InChI is InChI=1S/C10H19N5O3S/c1-4-11-8-13-9(15-10(14-8)18-3)12-6-7-19(16,17)5-2/h4-7H2,1-3H3,(H2,11,12,13,14,15). The van der Waals surface area contributed by atoms with Gasteiger partial charge in [0.05, 0.1) is 12.9 Å². The molecule has 8 nitrogen and oxygen atoms in total. The predicted molar refractivity (Wildman–Crippen MR) is 73.4 cm³/mol. The molecule has 0 atom stereocenters. The van der Waals surface area contributed by atoms with Crippen LogP contribution in [0, 0.1) is 0 Å². The number of methoxy groups -OCH3 is 1. The van der Waals surface area contributed by atoms with E-state index in [2.05, 4.69) is 25.6 Å². The number of nitrogens with one attached hydrogen (secondary N) is 2. The van der Waals surface area contributed by atoms with Gasteiger partial charge in [0.1, 0.15) is 0 Å². The van der Waals surface area contributed by atoms with Crippen LogP contribution < -0.4 is 15.4 Å². The van der Waals surface area contributed by atoms with Crippen LogP contribution in [0.2, 0.25) is 0 Å². The summed E-state index contributed by atoms with van der Waals surface area (Å²) >= 11 is 0. The number of ether oxygens (including phenoxy) is 1. The lowest BCUT2D eigenvalue weighted by Gasteiger charge is -2.08. The van der Waals surface area contributed by atoms with E-state index in [1.807, 2.05) is 6.92 Å². The molecule has 0 aromatic carbocycles. The summed E-state index contributed by atoms with van der Waals surface area (Å²) in [6.45, 7) is 4.44. The molecule has 0 fully saturated rings. The number of hydrogen-bond donors (Lipinski definition) is 2. The summed E-state index contributed by atoms with van der Waals surface area (Å²) in [4.78, 5) is 12.1. The van der Waals surface area contributed by atoms with E-state index >= 15 is 0 Å². The van der Waals surface area contributed by atoms with E-state index in [0.717, 1.165) is 0 Å². The summed E-state index contributed by atoms with van der Waals surface area (Å²) in [5.41, 5.74) is 0. The van der Waals surface area contributed by atoms with Gasteiger partial charge in [0.15, 0.2) is 9.84 Å². The van der Waals surface area contributed by atoms with Gasteiger partial charge >= 0.3 is 6.01 Å². The van der Waals surface area contributed by atoms with Crippen molar-refractivity contribution in [1.29, 1.82) is 0 Å². The van der Waals surface area contributed by atoms with Crippen molar-refractivity contribution in [3.8, 4) is 6.01 Å². The fourth-order valence-electron chi connectivity index (χ4n) is 1.23. The van der Waals surface area contributed by atoms with Crippen molar-refractivity contribution in [1.82, 2.24) is 15.0 Å². The van der Waals surface area contributed by atoms with Crippen molar-refractivity contribution in [2.75, 3.05) is 42.3 Å². The first-order valence-electron chi connectivity index (χ1n) is 5.99. The van der Waals surface area contributed by atoms with Gasteiger partial charge in [-0.1, -0.05) is 6.92 Å². The van der Waals surface area contributed by atoms with E-state index < -0.39 is 9.84 Å². The highest BCUT2D eigenvalue weighted by molar-refractivity contribution is 7.91. The normalized spacial score (nSPS) is 11.1. The van der Waals surface area contributed by atoms with Crippen LogP contribution in [-0.4, -0.2) is 55.1 Å². The average Bonchev–Trinajstić information content (AvgIpc) is 2.38. The predicted octanol–water partition coefficient (Wildman–Crippen LogP) is 0.159. The summed E-state index contributed by atoms with van der Waals surface area (Å²) in [5.74, 6) is 0.829. The van der Waals surface area contributed by atoms with Gasteiger partial charge in [-0.15, -0.1) is 0 Å². The topological polar surface area (TPSA) is 106 Å². The molecule has 1 aromatic heterocycles. The molecule has 0 aliphatic carbocycles. The van der Waals surface area contributed by atoms with Gasteiger partial charge in [0.25, 0.3) is 0 Å². The molecule has 1 heterocycles. The quantitative estimate of drug-likeness (QED) is 0.697. The molecule has 0 unspecified atom stereocenters. The smallest absolute Gasteiger partial charge is 0.322 e. The Kier molecular flexibility index (Phi) is 5.74. The molecule has 0 spiro atoms. The first-order valence-corrected chi connectivity index (χ1v) is 7.81. The van der Waals surface area contributed by atoms with Crippen molar-refractivity contribution in [2.24, 2.45) is 0 Å². The minimum Gasteiger partial charge on any atom is -0.467 e. The minimum atomic E-state index is -3.01. The lowest BCUT2D eigenvalue weighted by molar-refractivity contribution is 0.379. The zero-order valence-electron chi connectivity index (χ0n) is 11.3. The zero-order valence-corrected chi connectivity index (χ0v) is 12.1. The Morgan fingerprint density at radius 3 is 2.26 bits per heavy atom. The van der Waals surface area contributed by atoms with Crippen LogP contribution in [0.15, 0.2) is 0 Å². The summed E-state index contributed by atoms with van der Waals surface area (Å²) in [5, 5.41) is 5.79. The van der Waals surface area contributed by atoms with Crippen molar-refractivity contribution in [2.45, 2.75) is 13.8 Å². The summed E-state index contributed by atoms with van der Waals surface area (Å²) < 4.78 is 27.7. The van der Waals surface area contributed by atoms with E-state index in [-0.39, 0.29) is 30.0 Å². The maximum atomic E-state index is 11.4. The third-order valence-electron chi connectivity index (χ3n) is 2.27. The molecule has 1 rings (SSSR count). The van der Waals surface area contributed by atoms with Gasteiger partial charge in [-0.2, -0.15) is 15.0 Å². The Labute approximate surface area is 112 Å². The second kappa shape index (κ2) is 7.07. The Morgan fingerprint density at radius 2 is 1.74 bits per heavy atom. The van der Waals surface area contributed by atoms with Crippen LogP contribution in [0.4, 0.5) is 11.9 Å². The lowest BCUT2D eigenvalue weighted by Crippen LogP contribution is -2.19. The second-order valence-electron chi connectivity index (χ2n) is 3.66. The van der Waals surface area contributed by atoms with Crippen LogP contribution in [0.3, 0.4) is 0 Å². The van der Waals surface area contributed by atoms with E-state index in [0.29, 0.717) is 12.5 Å².